The fourth-order valence-electron chi connectivity index (χ4n) is 2.54. The minimum atomic E-state index is -0.653. The quantitative estimate of drug-likeness (QED) is 0.261. The fraction of sp³-hybridized carbons (Fsp3) is 0.0556. The van der Waals surface area contributed by atoms with E-state index in [-0.39, 0.29) is 37.9 Å². The van der Waals surface area contributed by atoms with E-state index >= 15 is 0 Å². The van der Waals surface area contributed by atoms with Crippen LogP contribution in [0.5, 0.6) is 11.5 Å². The summed E-state index contributed by atoms with van der Waals surface area (Å²) in [5.74, 6) is -1.11. The van der Waals surface area contributed by atoms with E-state index in [4.69, 9.17) is 40.2 Å². The summed E-state index contributed by atoms with van der Waals surface area (Å²) in [6.45, 7) is 0. The van der Waals surface area contributed by atoms with Gasteiger partial charge in [0.05, 0.1) is 26.4 Å². The van der Waals surface area contributed by atoms with Crippen molar-refractivity contribution in [3.63, 3.8) is 0 Å². The van der Waals surface area contributed by atoms with Crippen molar-refractivity contribution in [3.8, 4) is 11.5 Å². The van der Waals surface area contributed by atoms with Crippen LogP contribution in [0.3, 0.4) is 0 Å². The Morgan fingerprint density at radius 2 is 2.00 bits per heavy atom. The average molecular weight is 549 g/mol. The number of carbonyl (C=O) groups excluding carboxylic acids is 2. The highest BCUT2D eigenvalue weighted by Gasteiger charge is 2.35. The first kappa shape index (κ1) is 20.8. The molecule has 0 atom stereocenters. The van der Waals surface area contributed by atoms with Crippen LogP contribution < -0.4 is 15.0 Å². The van der Waals surface area contributed by atoms with Crippen LogP contribution in [0.15, 0.2) is 35.9 Å². The zero-order valence-electron chi connectivity index (χ0n) is 14.1. The predicted octanol–water partition coefficient (Wildman–Crippen LogP) is 4.14. The number of methoxy groups -OCH3 is 1. The summed E-state index contributed by atoms with van der Waals surface area (Å²) in [5, 5.41) is 12.7. The largest absolute Gasteiger partial charge is 0.504 e. The van der Waals surface area contributed by atoms with Gasteiger partial charge >= 0.3 is 0 Å². The third-order valence-electron chi connectivity index (χ3n) is 3.86. The van der Waals surface area contributed by atoms with E-state index in [1.807, 2.05) is 22.6 Å². The predicted molar refractivity (Wildman–Crippen MR) is 120 cm³/mol. The molecule has 6 nitrogen and oxygen atoms in total. The molecule has 0 saturated carbocycles. The van der Waals surface area contributed by atoms with Crippen LogP contribution in [0.2, 0.25) is 10.0 Å². The first-order chi connectivity index (χ1) is 13.2. The summed E-state index contributed by atoms with van der Waals surface area (Å²) in [5.41, 5.74) is 0.587. The van der Waals surface area contributed by atoms with Crippen molar-refractivity contribution >= 4 is 86.7 Å². The van der Waals surface area contributed by atoms with Crippen LogP contribution in [0.25, 0.3) is 6.08 Å². The number of anilines is 1. The number of halogens is 3. The lowest BCUT2D eigenvalue weighted by molar-refractivity contribution is -0.122. The van der Waals surface area contributed by atoms with Crippen molar-refractivity contribution in [1.29, 1.82) is 0 Å². The molecular formula is C18H11Cl2IN2O4S. The molecule has 3 rings (SSSR count). The standard InChI is InChI=1S/C18H11Cl2IN2O4S/c1-27-13-7-8(6-11(21)15(13)24)5-9-16(25)22-18(28)23(17(9)26)12-4-2-3-10(19)14(12)20/h2-7,24H,1H3,(H,22,25,28)/b9-5+. The van der Waals surface area contributed by atoms with Gasteiger partial charge in [-0.25, -0.2) is 0 Å². The van der Waals surface area contributed by atoms with Gasteiger partial charge in [0.25, 0.3) is 11.8 Å². The molecule has 1 aliphatic rings. The number of thiocarbonyl (C=S) groups is 1. The molecule has 2 aromatic rings. The van der Waals surface area contributed by atoms with Gasteiger partial charge in [-0.15, -0.1) is 0 Å². The summed E-state index contributed by atoms with van der Waals surface area (Å²) in [7, 11) is 1.40. The van der Waals surface area contributed by atoms with E-state index < -0.39 is 11.8 Å². The number of hydrogen-bond donors (Lipinski definition) is 2. The normalized spacial score (nSPS) is 15.8. The van der Waals surface area contributed by atoms with E-state index in [0.717, 1.165) is 4.90 Å². The van der Waals surface area contributed by atoms with Crippen LogP contribution in [-0.2, 0) is 9.59 Å². The van der Waals surface area contributed by atoms with Gasteiger partial charge in [-0.1, -0.05) is 29.3 Å². The van der Waals surface area contributed by atoms with E-state index in [1.54, 1.807) is 24.3 Å². The van der Waals surface area contributed by atoms with Gasteiger partial charge in [0.2, 0.25) is 0 Å². The Labute approximate surface area is 189 Å². The molecule has 2 N–H and O–H groups in total. The Morgan fingerprint density at radius 1 is 1.29 bits per heavy atom. The van der Waals surface area contributed by atoms with Gasteiger partial charge in [-0.05, 0) is 70.7 Å². The van der Waals surface area contributed by atoms with Gasteiger partial charge in [-0.3, -0.25) is 19.8 Å². The Bertz CT molecular complexity index is 1060. The highest BCUT2D eigenvalue weighted by Crippen LogP contribution is 2.36. The van der Waals surface area contributed by atoms with Crippen LogP contribution in [0, 0.1) is 3.57 Å². The number of ether oxygens (including phenoxy) is 1. The maximum absolute atomic E-state index is 13.0. The number of rotatable bonds is 3. The number of benzene rings is 2. The van der Waals surface area contributed by atoms with Crippen LogP contribution in [0.1, 0.15) is 5.56 Å². The molecule has 0 spiro atoms. The van der Waals surface area contributed by atoms with Crippen molar-refractivity contribution in [3.05, 3.63) is 55.1 Å². The van der Waals surface area contributed by atoms with Crippen LogP contribution in [0.4, 0.5) is 5.69 Å². The molecule has 0 radical (unpaired) electrons. The van der Waals surface area contributed by atoms with Crippen molar-refractivity contribution in [1.82, 2.24) is 5.32 Å². The number of amides is 2. The van der Waals surface area contributed by atoms with Crippen molar-refractivity contribution in [2.75, 3.05) is 12.0 Å². The topological polar surface area (TPSA) is 78.9 Å². The van der Waals surface area contributed by atoms with E-state index in [9.17, 15) is 14.7 Å². The summed E-state index contributed by atoms with van der Waals surface area (Å²) in [6.07, 6.45) is 1.38. The molecule has 0 aliphatic carbocycles. The van der Waals surface area contributed by atoms with Crippen molar-refractivity contribution in [2.45, 2.75) is 0 Å². The highest BCUT2D eigenvalue weighted by atomic mass is 127. The van der Waals surface area contributed by atoms with E-state index in [2.05, 4.69) is 5.32 Å². The number of phenols is 1. The molecule has 1 saturated heterocycles. The van der Waals surface area contributed by atoms with E-state index in [0.29, 0.717) is 9.13 Å². The molecule has 0 unspecified atom stereocenters. The number of phenolic OH excluding ortho intramolecular Hbond substituents is 1. The second-order valence-corrected chi connectivity index (χ2v) is 7.92. The monoisotopic (exact) mass is 548 g/mol. The maximum Gasteiger partial charge on any atom is 0.270 e. The molecule has 2 aromatic carbocycles. The highest BCUT2D eigenvalue weighted by molar-refractivity contribution is 14.1. The lowest BCUT2D eigenvalue weighted by Crippen LogP contribution is -2.54. The Hall–Kier alpha value is -1.88. The summed E-state index contributed by atoms with van der Waals surface area (Å²) >= 11 is 19.3. The zero-order valence-corrected chi connectivity index (χ0v) is 18.6. The molecule has 10 heteroatoms. The molecule has 0 bridgehead atoms. The number of nitrogens with zero attached hydrogens (tertiary/aromatic N) is 1. The SMILES string of the molecule is COc1cc(/C=C2\C(=O)NC(=S)N(c3cccc(Cl)c3Cl)C2=O)cc(I)c1O. The molecule has 1 heterocycles. The minimum Gasteiger partial charge on any atom is -0.504 e. The maximum atomic E-state index is 13.0. The third kappa shape index (κ3) is 3.82. The van der Waals surface area contributed by atoms with Crippen molar-refractivity contribution in [2.24, 2.45) is 0 Å². The number of nitrogens with one attached hydrogen (secondary N) is 1. The number of hydrogen-bond acceptors (Lipinski definition) is 5. The molecule has 28 heavy (non-hydrogen) atoms. The summed E-state index contributed by atoms with van der Waals surface area (Å²) in [4.78, 5) is 26.6. The first-order valence-corrected chi connectivity index (χ1v) is 9.91. The van der Waals surface area contributed by atoms with E-state index in [1.165, 1.54) is 19.3 Å². The van der Waals surface area contributed by atoms with Crippen molar-refractivity contribution < 1.29 is 19.4 Å². The Balaban J connectivity index is 2.09. The summed E-state index contributed by atoms with van der Waals surface area (Å²) < 4.78 is 5.61. The molecule has 2 amide bonds. The van der Waals surface area contributed by atoms with Gasteiger partial charge in [0, 0.05) is 0 Å². The minimum absolute atomic E-state index is 0.0295. The van der Waals surface area contributed by atoms with Gasteiger partial charge in [0.1, 0.15) is 5.57 Å². The summed E-state index contributed by atoms with van der Waals surface area (Å²) in [6, 6.07) is 7.88. The van der Waals surface area contributed by atoms with Crippen LogP contribution in [-0.4, -0.2) is 29.1 Å². The van der Waals surface area contributed by atoms with Crippen LogP contribution >= 0.6 is 58.0 Å². The third-order valence-corrected chi connectivity index (χ3v) is 5.77. The second-order valence-electron chi connectivity index (χ2n) is 5.58. The molecule has 144 valence electrons. The fourth-order valence-corrected chi connectivity index (χ4v) is 3.82. The number of carbonyl (C=O) groups is 2. The van der Waals surface area contributed by atoms with Gasteiger partial charge in [-0.2, -0.15) is 0 Å². The molecule has 1 aliphatic heterocycles. The average Bonchev–Trinajstić information content (AvgIpc) is 2.64. The molecule has 0 aromatic heterocycles. The lowest BCUT2D eigenvalue weighted by atomic mass is 10.1. The second kappa shape index (κ2) is 8.24. The Morgan fingerprint density at radius 3 is 2.68 bits per heavy atom. The van der Waals surface area contributed by atoms with Gasteiger partial charge in [0.15, 0.2) is 16.6 Å². The number of aromatic hydroxyl groups is 1. The zero-order chi connectivity index (χ0) is 20.6. The van der Waals surface area contributed by atoms with Gasteiger partial charge < -0.3 is 9.84 Å². The Kier molecular flexibility index (Phi) is 6.13. The molecule has 1 fully saturated rings. The first-order valence-electron chi connectivity index (χ1n) is 7.66. The lowest BCUT2D eigenvalue weighted by Gasteiger charge is -2.29. The molecular weight excluding hydrogens is 538 g/mol. The smallest absolute Gasteiger partial charge is 0.270 e.